The number of likely N-dealkylation sites (tertiary alicyclic amines) is 1. The second-order valence-electron chi connectivity index (χ2n) is 5.88. The molecule has 2 aliphatic heterocycles. The van der Waals surface area contributed by atoms with Crippen molar-refractivity contribution in [1.29, 1.82) is 0 Å². The largest absolute Gasteiger partial charge is 0.390 e. The van der Waals surface area contributed by atoms with Gasteiger partial charge in [0, 0.05) is 25.2 Å². The summed E-state index contributed by atoms with van der Waals surface area (Å²) in [6, 6.07) is 7.93. The molecule has 2 heterocycles. The number of para-hydroxylation sites is 1. The molecule has 0 radical (unpaired) electrons. The van der Waals surface area contributed by atoms with Crippen molar-refractivity contribution in [1.82, 2.24) is 4.90 Å². The number of hydrogen-bond acceptors (Lipinski definition) is 3. The summed E-state index contributed by atoms with van der Waals surface area (Å²) in [5, 5.41) is 13.2. The molecule has 102 valence electrons. The molecule has 1 atom stereocenters. The van der Waals surface area contributed by atoms with Crippen molar-refractivity contribution in [2.75, 3.05) is 18.4 Å². The van der Waals surface area contributed by atoms with E-state index >= 15 is 0 Å². The van der Waals surface area contributed by atoms with E-state index in [0.717, 1.165) is 12.1 Å². The summed E-state index contributed by atoms with van der Waals surface area (Å²) in [5.41, 5.74) is 1.68. The molecule has 4 heteroatoms. The first kappa shape index (κ1) is 12.5. The van der Waals surface area contributed by atoms with E-state index in [0.29, 0.717) is 25.9 Å². The molecule has 4 nitrogen and oxygen atoms in total. The standard InChI is InChI=1S/C15H20N2O2/c1-15(19)6-8-17(9-7-15)14(18)13-10-11-4-2-3-5-12(11)16-13/h2-5,13,16,19H,6-10H2,1H3. The van der Waals surface area contributed by atoms with Gasteiger partial charge in [0.05, 0.1) is 5.60 Å². The van der Waals surface area contributed by atoms with Crippen LogP contribution in [0.1, 0.15) is 25.3 Å². The average Bonchev–Trinajstić information content (AvgIpc) is 2.81. The summed E-state index contributed by atoms with van der Waals surface area (Å²) in [7, 11) is 0. The van der Waals surface area contributed by atoms with Crippen molar-refractivity contribution in [3.8, 4) is 0 Å². The second kappa shape index (κ2) is 4.53. The minimum atomic E-state index is -0.608. The average molecular weight is 260 g/mol. The molecular weight excluding hydrogens is 240 g/mol. The Morgan fingerprint density at radius 2 is 2.05 bits per heavy atom. The van der Waals surface area contributed by atoms with E-state index in [1.807, 2.05) is 30.0 Å². The van der Waals surface area contributed by atoms with Crippen LogP contribution in [0, 0.1) is 0 Å². The first-order chi connectivity index (χ1) is 9.05. The molecule has 1 aromatic rings. The zero-order chi connectivity index (χ0) is 13.5. The fourth-order valence-electron chi connectivity index (χ4n) is 2.88. The zero-order valence-electron chi connectivity index (χ0n) is 11.2. The van der Waals surface area contributed by atoms with E-state index in [1.165, 1.54) is 5.56 Å². The quantitative estimate of drug-likeness (QED) is 0.802. The molecule has 1 aromatic carbocycles. The number of benzene rings is 1. The summed E-state index contributed by atoms with van der Waals surface area (Å²) in [6.45, 7) is 3.15. The van der Waals surface area contributed by atoms with Crippen molar-refractivity contribution in [2.24, 2.45) is 0 Å². The van der Waals surface area contributed by atoms with Crippen LogP contribution in [0.2, 0.25) is 0 Å². The van der Waals surface area contributed by atoms with E-state index in [4.69, 9.17) is 0 Å². The maximum absolute atomic E-state index is 12.5. The monoisotopic (exact) mass is 260 g/mol. The highest BCUT2D eigenvalue weighted by atomic mass is 16.3. The van der Waals surface area contributed by atoms with Gasteiger partial charge in [-0.25, -0.2) is 0 Å². The molecule has 1 saturated heterocycles. The maximum Gasteiger partial charge on any atom is 0.245 e. The normalized spacial score (nSPS) is 24.7. The lowest BCUT2D eigenvalue weighted by Crippen LogP contribution is -2.49. The molecule has 0 saturated carbocycles. The number of carbonyl (C=O) groups is 1. The van der Waals surface area contributed by atoms with Crippen LogP contribution in [-0.2, 0) is 11.2 Å². The Labute approximate surface area is 113 Å². The molecule has 1 unspecified atom stereocenters. The van der Waals surface area contributed by atoms with Crippen molar-refractivity contribution in [2.45, 2.75) is 37.8 Å². The minimum absolute atomic E-state index is 0.138. The van der Waals surface area contributed by atoms with Crippen LogP contribution in [0.5, 0.6) is 0 Å². The van der Waals surface area contributed by atoms with E-state index < -0.39 is 5.60 Å². The van der Waals surface area contributed by atoms with Gasteiger partial charge in [0.25, 0.3) is 0 Å². The van der Waals surface area contributed by atoms with Gasteiger partial charge >= 0.3 is 0 Å². The molecule has 1 fully saturated rings. The van der Waals surface area contributed by atoms with Crippen molar-refractivity contribution >= 4 is 11.6 Å². The number of piperidine rings is 1. The summed E-state index contributed by atoms with van der Waals surface area (Å²) in [6.07, 6.45) is 2.10. The van der Waals surface area contributed by atoms with Crippen molar-refractivity contribution in [3.05, 3.63) is 29.8 Å². The SMILES string of the molecule is CC1(O)CCN(C(=O)C2Cc3ccccc3N2)CC1. The van der Waals surface area contributed by atoms with Crippen LogP contribution in [0.25, 0.3) is 0 Å². The number of carbonyl (C=O) groups excluding carboxylic acids is 1. The minimum Gasteiger partial charge on any atom is -0.390 e. The zero-order valence-corrected chi connectivity index (χ0v) is 11.2. The summed E-state index contributed by atoms with van der Waals surface area (Å²) >= 11 is 0. The third-order valence-electron chi connectivity index (χ3n) is 4.22. The van der Waals surface area contributed by atoms with Crippen molar-refractivity contribution < 1.29 is 9.90 Å². The lowest BCUT2D eigenvalue weighted by atomic mass is 9.93. The predicted octanol–water partition coefficient (Wildman–Crippen LogP) is 1.40. The van der Waals surface area contributed by atoms with Gasteiger partial charge in [-0.2, -0.15) is 0 Å². The first-order valence-corrected chi connectivity index (χ1v) is 6.91. The Morgan fingerprint density at radius 3 is 2.74 bits per heavy atom. The Balaban J connectivity index is 1.64. The molecule has 1 amide bonds. The van der Waals surface area contributed by atoms with E-state index in [1.54, 1.807) is 0 Å². The molecule has 2 aliphatic rings. The highest BCUT2D eigenvalue weighted by Crippen LogP contribution is 2.28. The van der Waals surface area contributed by atoms with Crippen LogP contribution in [-0.4, -0.2) is 40.6 Å². The van der Waals surface area contributed by atoms with Gasteiger partial charge in [0.15, 0.2) is 0 Å². The van der Waals surface area contributed by atoms with Crippen LogP contribution >= 0.6 is 0 Å². The Bertz CT molecular complexity index is 464. The number of fused-ring (bicyclic) bond motifs is 1. The molecule has 0 spiro atoms. The second-order valence-corrected chi connectivity index (χ2v) is 5.88. The first-order valence-electron chi connectivity index (χ1n) is 6.91. The Morgan fingerprint density at radius 1 is 1.37 bits per heavy atom. The molecule has 3 rings (SSSR count). The summed E-state index contributed by atoms with van der Waals surface area (Å²) in [5.74, 6) is 0.159. The maximum atomic E-state index is 12.5. The van der Waals surface area contributed by atoms with Gasteiger partial charge in [-0.05, 0) is 31.4 Å². The molecular formula is C15H20N2O2. The molecule has 0 aliphatic carbocycles. The van der Waals surface area contributed by atoms with Gasteiger partial charge in [-0.1, -0.05) is 18.2 Å². The molecule has 19 heavy (non-hydrogen) atoms. The predicted molar refractivity (Wildman–Crippen MR) is 74.0 cm³/mol. The fourth-order valence-corrected chi connectivity index (χ4v) is 2.88. The van der Waals surface area contributed by atoms with Gasteiger partial charge in [0.1, 0.15) is 6.04 Å². The number of hydrogen-bond donors (Lipinski definition) is 2. The van der Waals surface area contributed by atoms with Crippen LogP contribution in [0.4, 0.5) is 5.69 Å². The Kier molecular flexibility index (Phi) is 2.97. The Hall–Kier alpha value is -1.55. The number of rotatable bonds is 1. The number of nitrogens with zero attached hydrogens (tertiary/aromatic N) is 1. The number of nitrogens with one attached hydrogen (secondary N) is 1. The van der Waals surface area contributed by atoms with Gasteiger partial charge in [-0.15, -0.1) is 0 Å². The number of anilines is 1. The summed E-state index contributed by atoms with van der Waals surface area (Å²) < 4.78 is 0. The third kappa shape index (κ3) is 2.45. The van der Waals surface area contributed by atoms with Gasteiger partial charge < -0.3 is 15.3 Å². The number of aliphatic hydroxyl groups is 1. The van der Waals surface area contributed by atoms with Crippen LogP contribution in [0.15, 0.2) is 24.3 Å². The van der Waals surface area contributed by atoms with E-state index in [-0.39, 0.29) is 11.9 Å². The van der Waals surface area contributed by atoms with E-state index in [9.17, 15) is 9.90 Å². The van der Waals surface area contributed by atoms with Crippen LogP contribution < -0.4 is 5.32 Å². The molecule has 2 N–H and O–H groups in total. The lowest BCUT2D eigenvalue weighted by Gasteiger charge is -2.36. The summed E-state index contributed by atoms with van der Waals surface area (Å²) in [4.78, 5) is 14.3. The van der Waals surface area contributed by atoms with E-state index in [2.05, 4.69) is 11.4 Å². The third-order valence-corrected chi connectivity index (χ3v) is 4.22. The number of amides is 1. The fraction of sp³-hybridized carbons (Fsp3) is 0.533. The smallest absolute Gasteiger partial charge is 0.245 e. The van der Waals surface area contributed by atoms with Crippen LogP contribution in [0.3, 0.4) is 0 Å². The molecule has 0 bridgehead atoms. The van der Waals surface area contributed by atoms with Gasteiger partial charge in [0.2, 0.25) is 5.91 Å². The highest BCUT2D eigenvalue weighted by molar-refractivity contribution is 5.87. The van der Waals surface area contributed by atoms with Gasteiger partial charge in [-0.3, -0.25) is 4.79 Å². The molecule has 0 aromatic heterocycles. The lowest BCUT2D eigenvalue weighted by molar-refractivity contribution is -0.135. The van der Waals surface area contributed by atoms with Crippen molar-refractivity contribution in [3.63, 3.8) is 0 Å². The topological polar surface area (TPSA) is 52.6 Å². The highest BCUT2D eigenvalue weighted by Gasteiger charge is 2.34.